The van der Waals surface area contributed by atoms with Crippen LogP contribution in [0.15, 0.2) is 36.4 Å². The molecule has 0 saturated heterocycles. The van der Waals surface area contributed by atoms with Crippen LogP contribution in [0.5, 0.6) is 0 Å². The van der Waals surface area contributed by atoms with Crippen LogP contribution < -0.4 is 0 Å². The Hall–Kier alpha value is -2.20. The van der Waals surface area contributed by atoms with E-state index in [9.17, 15) is 9.59 Å². The van der Waals surface area contributed by atoms with Gasteiger partial charge in [0.25, 0.3) is 11.8 Å². The predicted molar refractivity (Wildman–Crippen MR) is 80.3 cm³/mol. The van der Waals surface area contributed by atoms with Crippen molar-refractivity contribution in [3.63, 3.8) is 0 Å². The third kappa shape index (κ3) is 2.32. The summed E-state index contributed by atoms with van der Waals surface area (Å²) in [5, 5.41) is 10.5. The number of aliphatic hydroxyl groups excluding tert-OH is 1. The zero-order valence-corrected chi connectivity index (χ0v) is 11.7. The third-order valence-corrected chi connectivity index (χ3v) is 3.90. The first kappa shape index (κ1) is 13.8. The van der Waals surface area contributed by atoms with E-state index in [0.717, 1.165) is 23.6 Å². The van der Waals surface area contributed by atoms with Crippen LogP contribution in [0.1, 0.15) is 40.0 Å². The lowest BCUT2D eigenvalue weighted by Gasteiger charge is -2.27. The zero-order valence-electron chi connectivity index (χ0n) is 11.7. The van der Waals surface area contributed by atoms with Gasteiger partial charge in [0.1, 0.15) is 0 Å². The third-order valence-electron chi connectivity index (χ3n) is 3.90. The molecule has 2 aromatic carbocycles. The molecule has 2 aromatic rings. The lowest BCUT2D eigenvalue weighted by molar-refractivity contribution is 0.0607. The molecule has 0 aliphatic carbocycles. The molecule has 0 unspecified atom stereocenters. The molecule has 1 N–H and O–H groups in total. The van der Waals surface area contributed by atoms with Crippen LogP contribution in [0.4, 0.5) is 0 Å². The highest BCUT2D eigenvalue weighted by molar-refractivity contribution is 6.25. The van der Waals surface area contributed by atoms with Gasteiger partial charge in [-0.2, -0.15) is 0 Å². The number of carbonyl (C=O) groups excluding carboxylic acids is 2. The molecule has 0 aromatic heterocycles. The molecule has 1 aliphatic rings. The minimum absolute atomic E-state index is 0.143. The molecule has 0 saturated carbocycles. The largest absolute Gasteiger partial charge is 0.396 e. The topological polar surface area (TPSA) is 57.6 Å². The molecular weight excluding hydrogens is 266 g/mol. The summed E-state index contributed by atoms with van der Waals surface area (Å²) in [6, 6.07) is 11.1. The van der Waals surface area contributed by atoms with Crippen LogP contribution >= 0.6 is 0 Å². The molecule has 3 rings (SSSR count). The number of carbonyl (C=O) groups is 2. The summed E-state index contributed by atoms with van der Waals surface area (Å²) in [7, 11) is 0. The van der Waals surface area contributed by atoms with Crippen molar-refractivity contribution < 1.29 is 14.7 Å². The monoisotopic (exact) mass is 283 g/mol. The van der Waals surface area contributed by atoms with E-state index >= 15 is 0 Å². The second-order valence-corrected chi connectivity index (χ2v) is 5.26. The van der Waals surface area contributed by atoms with Crippen LogP contribution in [0.25, 0.3) is 10.8 Å². The SMILES string of the molecule is O=C1c2cccc3cccc(c23)C(=O)N1CCCCCO. The fraction of sp³-hybridized carbons (Fsp3) is 0.294. The number of benzene rings is 2. The van der Waals surface area contributed by atoms with E-state index in [2.05, 4.69) is 0 Å². The van der Waals surface area contributed by atoms with Gasteiger partial charge >= 0.3 is 0 Å². The molecule has 2 amide bonds. The van der Waals surface area contributed by atoms with Crippen LogP contribution in [0.3, 0.4) is 0 Å². The van der Waals surface area contributed by atoms with Gasteiger partial charge in [-0.3, -0.25) is 14.5 Å². The summed E-state index contributed by atoms with van der Waals surface area (Å²) < 4.78 is 0. The first-order valence-electron chi connectivity index (χ1n) is 7.23. The zero-order chi connectivity index (χ0) is 14.8. The Morgan fingerprint density at radius 3 is 2.05 bits per heavy atom. The summed E-state index contributed by atoms with van der Waals surface area (Å²) in [5.41, 5.74) is 1.20. The highest BCUT2D eigenvalue weighted by Crippen LogP contribution is 2.29. The van der Waals surface area contributed by atoms with Gasteiger partial charge < -0.3 is 5.11 Å². The highest BCUT2D eigenvalue weighted by Gasteiger charge is 2.31. The molecule has 4 nitrogen and oxygen atoms in total. The quantitative estimate of drug-likeness (QED) is 0.678. The number of hydrogen-bond acceptors (Lipinski definition) is 3. The first-order valence-corrected chi connectivity index (χ1v) is 7.23. The molecule has 108 valence electrons. The molecule has 4 heteroatoms. The second kappa shape index (κ2) is 5.66. The lowest BCUT2D eigenvalue weighted by Crippen LogP contribution is -2.40. The van der Waals surface area contributed by atoms with Crippen molar-refractivity contribution in [1.29, 1.82) is 0 Å². The van der Waals surface area contributed by atoms with E-state index in [4.69, 9.17) is 5.11 Å². The van der Waals surface area contributed by atoms with Crippen molar-refractivity contribution in [2.24, 2.45) is 0 Å². The van der Waals surface area contributed by atoms with Gasteiger partial charge in [0.05, 0.1) is 0 Å². The van der Waals surface area contributed by atoms with E-state index < -0.39 is 0 Å². The molecule has 0 atom stereocenters. The maximum atomic E-state index is 12.5. The maximum absolute atomic E-state index is 12.5. The Balaban J connectivity index is 1.95. The Morgan fingerprint density at radius 1 is 0.857 bits per heavy atom. The number of unbranched alkanes of at least 4 members (excludes halogenated alkanes) is 2. The van der Waals surface area contributed by atoms with Crippen molar-refractivity contribution >= 4 is 22.6 Å². The average Bonchev–Trinajstić information content (AvgIpc) is 2.51. The average molecular weight is 283 g/mol. The summed E-state index contributed by atoms with van der Waals surface area (Å²) in [6.45, 7) is 0.548. The summed E-state index contributed by atoms with van der Waals surface area (Å²) in [5.74, 6) is -0.429. The van der Waals surface area contributed by atoms with Crippen molar-refractivity contribution in [2.45, 2.75) is 19.3 Å². The van der Waals surface area contributed by atoms with E-state index in [-0.39, 0.29) is 18.4 Å². The highest BCUT2D eigenvalue weighted by atomic mass is 16.3. The first-order chi connectivity index (χ1) is 10.2. The smallest absolute Gasteiger partial charge is 0.261 e. The molecule has 1 aliphatic heterocycles. The Labute approximate surface area is 123 Å². The van der Waals surface area contributed by atoms with Crippen molar-refractivity contribution in [1.82, 2.24) is 4.90 Å². The second-order valence-electron chi connectivity index (χ2n) is 5.26. The van der Waals surface area contributed by atoms with Crippen LogP contribution in [-0.4, -0.2) is 35.0 Å². The van der Waals surface area contributed by atoms with E-state index in [0.29, 0.717) is 24.1 Å². The summed E-state index contributed by atoms with van der Waals surface area (Å²) >= 11 is 0. The minimum atomic E-state index is -0.215. The van der Waals surface area contributed by atoms with Gasteiger partial charge in [0.15, 0.2) is 0 Å². The van der Waals surface area contributed by atoms with E-state index in [1.54, 1.807) is 12.1 Å². The number of rotatable bonds is 5. The molecular formula is C17H17NO3. The Kier molecular flexibility index (Phi) is 3.71. The van der Waals surface area contributed by atoms with Crippen LogP contribution in [0.2, 0.25) is 0 Å². The van der Waals surface area contributed by atoms with Gasteiger partial charge in [-0.05, 0) is 36.8 Å². The molecule has 0 radical (unpaired) electrons. The molecule has 0 bridgehead atoms. The Bertz CT molecular complexity index is 657. The fourth-order valence-corrected chi connectivity index (χ4v) is 2.84. The Morgan fingerprint density at radius 2 is 1.48 bits per heavy atom. The fourth-order valence-electron chi connectivity index (χ4n) is 2.84. The number of nitrogens with zero attached hydrogens (tertiary/aromatic N) is 1. The van der Waals surface area contributed by atoms with Gasteiger partial charge in [-0.25, -0.2) is 0 Å². The van der Waals surface area contributed by atoms with Crippen molar-refractivity contribution in [2.75, 3.05) is 13.2 Å². The summed E-state index contributed by atoms with van der Waals surface area (Å²) in [6.07, 6.45) is 2.22. The van der Waals surface area contributed by atoms with Crippen molar-refractivity contribution in [3.8, 4) is 0 Å². The van der Waals surface area contributed by atoms with Gasteiger partial charge in [-0.1, -0.05) is 24.3 Å². The van der Waals surface area contributed by atoms with Gasteiger partial charge in [-0.15, -0.1) is 0 Å². The number of hydrogen-bond donors (Lipinski definition) is 1. The standard InChI is InChI=1S/C17H17NO3/c19-11-3-1-2-10-18-16(20)13-8-4-6-12-7-5-9-14(15(12)13)17(18)21/h4-9,19H,1-3,10-11H2. The van der Waals surface area contributed by atoms with E-state index in [1.807, 2.05) is 24.3 Å². The molecule has 1 heterocycles. The van der Waals surface area contributed by atoms with Gasteiger partial charge in [0.2, 0.25) is 0 Å². The number of imide groups is 1. The molecule has 0 spiro atoms. The van der Waals surface area contributed by atoms with Crippen LogP contribution in [0, 0.1) is 0 Å². The maximum Gasteiger partial charge on any atom is 0.261 e. The van der Waals surface area contributed by atoms with Crippen LogP contribution in [-0.2, 0) is 0 Å². The number of aliphatic hydroxyl groups is 1. The molecule has 21 heavy (non-hydrogen) atoms. The number of amides is 2. The lowest BCUT2D eigenvalue weighted by atomic mass is 9.94. The normalized spacial score (nSPS) is 14.0. The minimum Gasteiger partial charge on any atom is -0.396 e. The summed E-state index contributed by atoms with van der Waals surface area (Å²) in [4.78, 5) is 26.4. The molecule has 0 fully saturated rings. The van der Waals surface area contributed by atoms with Crippen molar-refractivity contribution in [3.05, 3.63) is 47.5 Å². The predicted octanol–water partition coefficient (Wildman–Crippen LogP) is 2.60. The van der Waals surface area contributed by atoms with Gasteiger partial charge in [0, 0.05) is 29.7 Å². The van der Waals surface area contributed by atoms with E-state index in [1.165, 1.54) is 4.90 Å².